The molecule has 3 N–H and O–H groups in total. The predicted octanol–water partition coefficient (Wildman–Crippen LogP) is 2.89. The number of aromatic hydroxyl groups is 1. The van der Waals surface area contributed by atoms with Crippen LogP contribution in [-0.4, -0.2) is 22.6 Å². The maximum Gasteiger partial charge on any atom is 0.275 e. The van der Waals surface area contributed by atoms with Crippen LogP contribution in [-0.2, 0) is 4.79 Å². The van der Waals surface area contributed by atoms with Crippen LogP contribution in [0.4, 0.5) is 5.69 Å². The van der Waals surface area contributed by atoms with Gasteiger partial charge in [0.2, 0.25) is 5.91 Å². The second-order valence-electron chi connectivity index (χ2n) is 6.00. The summed E-state index contributed by atoms with van der Waals surface area (Å²) in [5, 5.41) is 16.6. The molecule has 25 heavy (non-hydrogen) atoms. The van der Waals surface area contributed by atoms with Gasteiger partial charge in [-0.2, -0.15) is 5.10 Å². The zero-order valence-corrected chi connectivity index (χ0v) is 13.8. The molecule has 1 aliphatic carbocycles. The van der Waals surface area contributed by atoms with Crippen molar-refractivity contribution in [3.8, 4) is 5.75 Å². The van der Waals surface area contributed by atoms with Gasteiger partial charge in [-0.3, -0.25) is 9.59 Å². The van der Waals surface area contributed by atoms with E-state index in [0.717, 1.165) is 18.4 Å². The maximum absolute atomic E-state index is 12.1. The fourth-order valence-electron chi connectivity index (χ4n) is 2.34. The Bertz CT molecular complexity index is 841. The smallest absolute Gasteiger partial charge is 0.275 e. The molecule has 6 nitrogen and oxygen atoms in total. The van der Waals surface area contributed by atoms with Crippen molar-refractivity contribution in [3.63, 3.8) is 0 Å². The second kappa shape index (κ2) is 7.17. The zero-order valence-electron chi connectivity index (χ0n) is 13.8. The van der Waals surface area contributed by atoms with Gasteiger partial charge in [0.25, 0.3) is 5.91 Å². The molecule has 0 saturated heterocycles. The topological polar surface area (TPSA) is 90.8 Å². The van der Waals surface area contributed by atoms with Gasteiger partial charge in [0, 0.05) is 11.6 Å². The van der Waals surface area contributed by atoms with Crippen molar-refractivity contribution in [2.24, 2.45) is 11.0 Å². The van der Waals surface area contributed by atoms with Crippen molar-refractivity contribution >= 4 is 23.2 Å². The fourth-order valence-corrected chi connectivity index (χ4v) is 2.34. The largest absolute Gasteiger partial charge is 0.507 e. The second-order valence-corrected chi connectivity index (χ2v) is 6.00. The third-order valence-electron chi connectivity index (χ3n) is 3.97. The zero-order chi connectivity index (χ0) is 17.8. The molecule has 1 aliphatic rings. The van der Waals surface area contributed by atoms with Crippen molar-refractivity contribution in [3.05, 3.63) is 59.7 Å². The van der Waals surface area contributed by atoms with Gasteiger partial charge in [-0.25, -0.2) is 5.43 Å². The molecule has 2 aromatic carbocycles. The van der Waals surface area contributed by atoms with Gasteiger partial charge in [-0.1, -0.05) is 24.3 Å². The normalized spacial score (nSPS) is 14.0. The number of rotatable bonds is 5. The Hall–Kier alpha value is -3.15. The summed E-state index contributed by atoms with van der Waals surface area (Å²) >= 11 is 0. The number of carbonyl (C=O) groups is 2. The highest BCUT2D eigenvalue weighted by molar-refractivity contribution is 6.03. The van der Waals surface area contributed by atoms with Crippen LogP contribution >= 0.6 is 0 Å². The standard InChI is InChI=1S/C19H19N3O3/c1-12(21-22-19(25)16-7-2-3-8-17(16)23)14-5-4-6-15(11-14)20-18(24)13-9-10-13/h2-8,11,13,23H,9-10H2,1H3,(H,20,24)(H,22,25). The molecule has 0 bridgehead atoms. The summed E-state index contributed by atoms with van der Waals surface area (Å²) in [6.07, 6.45) is 1.90. The number of para-hydroxylation sites is 1. The summed E-state index contributed by atoms with van der Waals surface area (Å²) in [7, 11) is 0. The molecule has 0 unspecified atom stereocenters. The molecule has 3 rings (SSSR count). The number of hydrazone groups is 1. The number of benzene rings is 2. The number of phenols is 1. The van der Waals surface area contributed by atoms with Crippen LogP contribution in [0.15, 0.2) is 53.6 Å². The Labute approximate surface area is 145 Å². The predicted molar refractivity (Wildman–Crippen MR) is 95.6 cm³/mol. The Morgan fingerprint density at radius 2 is 1.88 bits per heavy atom. The minimum absolute atomic E-state index is 0.0413. The molecule has 0 aromatic heterocycles. The highest BCUT2D eigenvalue weighted by Crippen LogP contribution is 2.30. The quantitative estimate of drug-likeness (QED) is 0.579. The number of hydrogen-bond acceptors (Lipinski definition) is 4. The molecule has 6 heteroatoms. The Balaban J connectivity index is 1.68. The molecule has 0 atom stereocenters. The van der Waals surface area contributed by atoms with E-state index in [2.05, 4.69) is 15.8 Å². The van der Waals surface area contributed by atoms with Gasteiger partial charge in [0.05, 0.1) is 11.3 Å². The third kappa shape index (κ3) is 4.23. The number of phenolic OH excluding ortho intramolecular Hbond substituents is 1. The average molecular weight is 337 g/mol. The van der Waals surface area contributed by atoms with Gasteiger partial charge in [0.15, 0.2) is 0 Å². The van der Waals surface area contributed by atoms with E-state index < -0.39 is 5.91 Å². The Morgan fingerprint density at radius 3 is 2.60 bits per heavy atom. The molecule has 0 aliphatic heterocycles. The molecular formula is C19H19N3O3. The van der Waals surface area contributed by atoms with Crippen molar-refractivity contribution < 1.29 is 14.7 Å². The van der Waals surface area contributed by atoms with Crippen LogP contribution in [0.1, 0.15) is 35.7 Å². The summed E-state index contributed by atoms with van der Waals surface area (Å²) < 4.78 is 0. The van der Waals surface area contributed by atoms with Crippen LogP contribution in [0.3, 0.4) is 0 Å². The molecule has 2 amide bonds. The van der Waals surface area contributed by atoms with E-state index in [1.807, 2.05) is 24.3 Å². The number of carbonyl (C=O) groups excluding carboxylic acids is 2. The van der Waals surface area contributed by atoms with Crippen LogP contribution in [0.25, 0.3) is 0 Å². The lowest BCUT2D eigenvalue weighted by molar-refractivity contribution is -0.117. The minimum atomic E-state index is -0.490. The first kappa shape index (κ1) is 16.7. The molecule has 0 radical (unpaired) electrons. The van der Waals surface area contributed by atoms with E-state index in [9.17, 15) is 14.7 Å². The van der Waals surface area contributed by atoms with Crippen LogP contribution < -0.4 is 10.7 Å². The molecule has 0 spiro atoms. The molecular weight excluding hydrogens is 318 g/mol. The van der Waals surface area contributed by atoms with E-state index in [1.165, 1.54) is 12.1 Å². The first-order chi connectivity index (χ1) is 12.0. The van der Waals surface area contributed by atoms with E-state index >= 15 is 0 Å². The average Bonchev–Trinajstić information content (AvgIpc) is 3.45. The monoisotopic (exact) mass is 337 g/mol. The lowest BCUT2D eigenvalue weighted by Crippen LogP contribution is -2.19. The number of anilines is 1. The summed E-state index contributed by atoms with van der Waals surface area (Å²) in [6, 6.07) is 13.6. The summed E-state index contributed by atoms with van der Waals surface area (Å²) in [5.41, 5.74) is 4.66. The van der Waals surface area contributed by atoms with Gasteiger partial charge >= 0.3 is 0 Å². The number of nitrogens with zero attached hydrogens (tertiary/aromatic N) is 1. The molecule has 1 fully saturated rings. The highest BCUT2D eigenvalue weighted by Gasteiger charge is 2.29. The SMILES string of the molecule is CC(=NNC(=O)c1ccccc1O)c1cccc(NC(=O)C2CC2)c1. The first-order valence-electron chi connectivity index (χ1n) is 8.08. The van der Waals surface area contributed by atoms with Gasteiger partial charge in [-0.05, 0) is 49.6 Å². The minimum Gasteiger partial charge on any atom is -0.507 e. The van der Waals surface area contributed by atoms with Crippen LogP contribution in [0.2, 0.25) is 0 Å². The Kier molecular flexibility index (Phi) is 4.79. The van der Waals surface area contributed by atoms with E-state index in [0.29, 0.717) is 11.4 Å². The van der Waals surface area contributed by atoms with Gasteiger partial charge in [-0.15, -0.1) is 0 Å². The van der Waals surface area contributed by atoms with E-state index in [-0.39, 0.29) is 23.1 Å². The number of hydrogen-bond donors (Lipinski definition) is 3. The molecule has 128 valence electrons. The lowest BCUT2D eigenvalue weighted by Gasteiger charge is -2.07. The van der Waals surface area contributed by atoms with E-state index in [4.69, 9.17) is 0 Å². The molecule has 2 aromatic rings. The van der Waals surface area contributed by atoms with Crippen molar-refractivity contribution in [1.29, 1.82) is 0 Å². The van der Waals surface area contributed by atoms with E-state index in [1.54, 1.807) is 19.1 Å². The van der Waals surface area contributed by atoms with Crippen molar-refractivity contribution in [2.75, 3.05) is 5.32 Å². The maximum atomic E-state index is 12.1. The number of nitrogens with one attached hydrogen (secondary N) is 2. The molecule has 0 heterocycles. The van der Waals surface area contributed by atoms with Gasteiger partial charge in [0.1, 0.15) is 5.75 Å². The Morgan fingerprint density at radius 1 is 1.12 bits per heavy atom. The first-order valence-corrected chi connectivity index (χ1v) is 8.08. The third-order valence-corrected chi connectivity index (χ3v) is 3.97. The summed E-state index contributed by atoms with van der Waals surface area (Å²) in [5.74, 6) is -0.413. The van der Waals surface area contributed by atoms with Gasteiger partial charge < -0.3 is 10.4 Å². The number of amides is 2. The highest BCUT2D eigenvalue weighted by atomic mass is 16.3. The molecule has 1 saturated carbocycles. The van der Waals surface area contributed by atoms with Crippen LogP contribution in [0, 0.1) is 5.92 Å². The summed E-state index contributed by atoms with van der Waals surface area (Å²) in [4.78, 5) is 23.9. The van der Waals surface area contributed by atoms with Crippen molar-refractivity contribution in [2.45, 2.75) is 19.8 Å². The van der Waals surface area contributed by atoms with Crippen molar-refractivity contribution in [1.82, 2.24) is 5.43 Å². The summed E-state index contributed by atoms with van der Waals surface area (Å²) in [6.45, 7) is 1.76. The lowest BCUT2D eigenvalue weighted by atomic mass is 10.1. The van der Waals surface area contributed by atoms with Crippen LogP contribution in [0.5, 0.6) is 5.75 Å². The fraction of sp³-hybridized carbons (Fsp3) is 0.211.